The Kier molecular flexibility index (Phi) is 6.21. The third-order valence-corrected chi connectivity index (χ3v) is 5.73. The summed E-state index contributed by atoms with van der Waals surface area (Å²) in [5.74, 6) is 1.37. The molecule has 0 atom stereocenters. The number of ether oxygens (including phenoxy) is 1. The molecule has 0 saturated heterocycles. The molecule has 1 aliphatic rings. The first-order valence-electron chi connectivity index (χ1n) is 9.38. The molecule has 0 radical (unpaired) electrons. The molecule has 2 aromatic carbocycles. The highest BCUT2D eigenvalue weighted by Crippen LogP contribution is 2.39. The smallest absolute Gasteiger partial charge is 0.234 e. The van der Waals surface area contributed by atoms with E-state index in [-0.39, 0.29) is 18.3 Å². The summed E-state index contributed by atoms with van der Waals surface area (Å²) < 4.78 is 7.86. The highest BCUT2D eigenvalue weighted by Gasteiger charge is 2.30. The lowest BCUT2D eigenvalue weighted by atomic mass is 10.2. The van der Waals surface area contributed by atoms with Crippen LogP contribution in [0.25, 0.3) is 0 Å². The molecule has 1 aromatic heterocycles. The van der Waals surface area contributed by atoms with Crippen molar-refractivity contribution in [1.29, 1.82) is 5.26 Å². The van der Waals surface area contributed by atoms with E-state index in [1.54, 1.807) is 30.3 Å². The number of rotatable bonds is 8. The number of carbonyl (C=O) groups excluding carboxylic acids is 1. The molecule has 9 heteroatoms. The van der Waals surface area contributed by atoms with Gasteiger partial charge in [0.1, 0.15) is 12.4 Å². The Hall–Kier alpha value is -3.02. The molecule has 1 saturated carbocycles. The Bertz CT molecular complexity index is 1090. The van der Waals surface area contributed by atoms with Crippen LogP contribution in [0.1, 0.15) is 30.3 Å². The van der Waals surface area contributed by atoms with Crippen LogP contribution in [0.3, 0.4) is 0 Å². The summed E-state index contributed by atoms with van der Waals surface area (Å²) in [6, 6.07) is 16.4. The first kappa shape index (κ1) is 20.3. The summed E-state index contributed by atoms with van der Waals surface area (Å²) in [7, 11) is 0. The standard InChI is InChI=1S/C21H18ClN5O2S/c22-17-3-1-2-4-18(17)29-12-19-25-26-21(27(19)16-9-10-16)30-13-20(28)24-15-7-5-14(11-23)6-8-15/h1-8,16H,9-10,12-13H2,(H,24,28). The van der Waals surface area contributed by atoms with Gasteiger partial charge in [-0.3, -0.25) is 9.36 Å². The summed E-state index contributed by atoms with van der Waals surface area (Å²) in [5.41, 5.74) is 1.20. The lowest BCUT2D eigenvalue weighted by Gasteiger charge is -2.11. The van der Waals surface area contributed by atoms with Crippen LogP contribution in [-0.4, -0.2) is 26.4 Å². The Labute approximate surface area is 183 Å². The van der Waals surface area contributed by atoms with Gasteiger partial charge in [0, 0.05) is 11.7 Å². The highest BCUT2D eigenvalue weighted by molar-refractivity contribution is 7.99. The second-order valence-electron chi connectivity index (χ2n) is 6.75. The molecular formula is C21H18ClN5O2S. The van der Waals surface area contributed by atoms with E-state index in [1.807, 2.05) is 18.2 Å². The fourth-order valence-electron chi connectivity index (χ4n) is 2.86. The Morgan fingerprint density at radius 1 is 1.23 bits per heavy atom. The number of nitrogens with one attached hydrogen (secondary N) is 1. The lowest BCUT2D eigenvalue weighted by Crippen LogP contribution is -2.15. The van der Waals surface area contributed by atoms with Gasteiger partial charge in [-0.2, -0.15) is 5.26 Å². The monoisotopic (exact) mass is 439 g/mol. The van der Waals surface area contributed by atoms with Crippen molar-refractivity contribution < 1.29 is 9.53 Å². The molecule has 1 aliphatic carbocycles. The average molecular weight is 440 g/mol. The van der Waals surface area contributed by atoms with Crippen LogP contribution < -0.4 is 10.1 Å². The number of amides is 1. The van der Waals surface area contributed by atoms with Crippen molar-refractivity contribution >= 4 is 35.0 Å². The number of nitriles is 1. The van der Waals surface area contributed by atoms with Gasteiger partial charge < -0.3 is 10.1 Å². The van der Waals surface area contributed by atoms with E-state index in [2.05, 4.69) is 26.2 Å². The summed E-state index contributed by atoms with van der Waals surface area (Å²) in [6.45, 7) is 0.255. The number of halogens is 1. The van der Waals surface area contributed by atoms with Crippen LogP contribution in [0.4, 0.5) is 5.69 Å². The Balaban J connectivity index is 1.37. The van der Waals surface area contributed by atoms with E-state index in [4.69, 9.17) is 21.6 Å². The van der Waals surface area contributed by atoms with Crippen molar-refractivity contribution in [3.63, 3.8) is 0 Å². The largest absolute Gasteiger partial charge is 0.484 e. The van der Waals surface area contributed by atoms with Crippen molar-refractivity contribution in [3.8, 4) is 11.8 Å². The number of aromatic nitrogens is 3. The second-order valence-corrected chi connectivity index (χ2v) is 8.09. The molecule has 1 amide bonds. The van der Waals surface area contributed by atoms with Crippen LogP contribution in [0.2, 0.25) is 5.02 Å². The minimum atomic E-state index is -0.149. The first-order valence-corrected chi connectivity index (χ1v) is 10.7. The molecule has 152 valence electrons. The molecule has 4 rings (SSSR count). The van der Waals surface area contributed by atoms with Crippen LogP contribution >= 0.6 is 23.4 Å². The van der Waals surface area contributed by atoms with E-state index >= 15 is 0 Å². The zero-order valence-corrected chi connectivity index (χ0v) is 17.5. The third kappa shape index (κ3) is 4.93. The van der Waals surface area contributed by atoms with E-state index < -0.39 is 0 Å². The van der Waals surface area contributed by atoms with Crippen molar-refractivity contribution in [3.05, 3.63) is 64.9 Å². The van der Waals surface area contributed by atoms with Gasteiger partial charge in [-0.25, -0.2) is 0 Å². The highest BCUT2D eigenvalue weighted by atomic mass is 35.5. The first-order chi connectivity index (χ1) is 14.6. The number of hydrogen-bond donors (Lipinski definition) is 1. The quantitative estimate of drug-likeness (QED) is 0.521. The molecule has 0 unspecified atom stereocenters. The molecule has 1 fully saturated rings. The Morgan fingerprint density at radius 2 is 2.00 bits per heavy atom. The number of thioether (sulfide) groups is 1. The van der Waals surface area contributed by atoms with E-state index in [1.165, 1.54) is 11.8 Å². The second kappa shape index (κ2) is 9.20. The van der Waals surface area contributed by atoms with E-state index in [0.717, 1.165) is 12.8 Å². The topological polar surface area (TPSA) is 92.8 Å². The van der Waals surface area contributed by atoms with Crippen molar-refractivity contribution in [1.82, 2.24) is 14.8 Å². The number of anilines is 1. The maximum atomic E-state index is 12.3. The van der Waals surface area contributed by atoms with Gasteiger partial charge in [0.2, 0.25) is 5.91 Å². The summed E-state index contributed by atoms with van der Waals surface area (Å²) >= 11 is 7.49. The summed E-state index contributed by atoms with van der Waals surface area (Å²) in [6.07, 6.45) is 2.12. The molecular weight excluding hydrogens is 422 g/mol. The molecule has 0 bridgehead atoms. The predicted molar refractivity (Wildman–Crippen MR) is 115 cm³/mol. The van der Waals surface area contributed by atoms with Gasteiger partial charge >= 0.3 is 0 Å². The molecule has 0 spiro atoms. The number of carbonyl (C=O) groups is 1. The Morgan fingerprint density at radius 3 is 2.70 bits per heavy atom. The van der Waals surface area contributed by atoms with Crippen LogP contribution in [0.15, 0.2) is 53.7 Å². The zero-order valence-electron chi connectivity index (χ0n) is 15.9. The van der Waals surface area contributed by atoms with E-state index in [9.17, 15) is 4.79 Å². The maximum absolute atomic E-state index is 12.3. The number of para-hydroxylation sites is 1. The number of nitrogens with zero attached hydrogens (tertiary/aromatic N) is 4. The van der Waals surface area contributed by atoms with Gasteiger partial charge in [-0.1, -0.05) is 35.5 Å². The SMILES string of the molecule is N#Cc1ccc(NC(=O)CSc2nnc(COc3ccccc3Cl)n2C2CC2)cc1. The van der Waals surface area contributed by atoms with Gasteiger partial charge in [0.05, 0.1) is 22.4 Å². The summed E-state index contributed by atoms with van der Waals surface area (Å²) in [5, 5.41) is 21.4. The lowest BCUT2D eigenvalue weighted by molar-refractivity contribution is -0.113. The van der Waals surface area contributed by atoms with Crippen LogP contribution in [-0.2, 0) is 11.4 Å². The van der Waals surface area contributed by atoms with Gasteiger partial charge in [0.25, 0.3) is 0 Å². The van der Waals surface area contributed by atoms with Crippen molar-refractivity contribution in [2.24, 2.45) is 0 Å². The molecule has 1 N–H and O–H groups in total. The minimum Gasteiger partial charge on any atom is -0.484 e. The fourth-order valence-corrected chi connectivity index (χ4v) is 3.88. The molecule has 3 aromatic rings. The van der Waals surface area contributed by atoms with Crippen LogP contribution in [0.5, 0.6) is 5.75 Å². The van der Waals surface area contributed by atoms with Gasteiger partial charge in [-0.15, -0.1) is 10.2 Å². The van der Waals surface area contributed by atoms with Crippen molar-refractivity contribution in [2.45, 2.75) is 30.6 Å². The van der Waals surface area contributed by atoms with Gasteiger partial charge in [-0.05, 0) is 49.2 Å². The normalized spacial score (nSPS) is 12.9. The predicted octanol–water partition coefficient (Wildman–Crippen LogP) is 4.45. The fraction of sp³-hybridized carbons (Fsp3) is 0.238. The molecule has 1 heterocycles. The number of benzene rings is 2. The van der Waals surface area contributed by atoms with Crippen LogP contribution in [0, 0.1) is 11.3 Å². The average Bonchev–Trinajstić information content (AvgIpc) is 3.52. The molecule has 7 nitrogen and oxygen atoms in total. The minimum absolute atomic E-state index is 0.149. The molecule has 30 heavy (non-hydrogen) atoms. The van der Waals surface area contributed by atoms with Crippen molar-refractivity contribution in [2.75, 3.05) is 11.1 Å². The molecule has 0 aliphatic heterocycles. The number of hydrogen-bond acceptors (Lipinski definition) is 6. The third-order valence-electron chi connectivity index (χ3n) is 4.47. The summed E-state index contributed by atoms with van der Waals surface area (Å²) in [4.78, 5) is 12.3. The zero-order chi connectivity index (χ0) is 20.9. The maximum Gasteiger partial charge on any atom is 0.234 e. The van der Waals surface area contributed by atoms with E-state index in [0.29, 0.717) is 39.0 Å². The van der Waals surface area contributed by atoms with Gasteiger partial charge in [0.15, 0.2) is 11.0 Å².